The molecule has 8 nitrogen and oxygen atoms in total. The number of anilines is 1. The summed E-state index contributed by atoms with van der Waals surface area (Å²) in [5.74, 6) is 0.296. The van der Waals surface area contributed by atoms with Crippen LogP contribution in [0.25, 0.3) is 16.9 Å². The van der Waals surface area contributed by atoms with Crippen LogP contribution < -0.4 is 10.1 Å². The lowest BCUT2D eigenvalue weighted by atomic mass is 10.1. The van der Waals surface area contributed by atoms with Crippen molar-refractivity contribution in [3.8, 4) is 22.7 Å². The minimum atomic E-state index is -0.391. The number of halogens is 2. The first-order valence-corrected chi connectivity index (χ1v) is 13.6. The lowest BCUT2D eigenvalue weighted by Gasteiger charge is -2.25. The molecule has 5 rings (SSSR count). The molecule has 1 aliphatic heterocycles. The van der Waals surface area contributed by atoms with Crippen LogP contribution in [0.1, 0.15) is 23.2 Å². The number of hydrogen-bond donors (Lipinski definition) is 1. The Hall–Kier alpha value is -3.85. The molecule has 0 radical (unpaired) electrons. The van der Waals surface area contributed by atoms with Crippen LogP contribution in [-0.2, 0) is 9.53 Å². The lowest BCUT2D eigenvalue weighted by Crippen LogP contribution is -2.42. The molecule has 206 valence electrons. The predicted molar refractivity (Wildman–Crippen MR) is 156 cm³/mol. The second kappa shape index (κ2) is 12.6. The Morgan fingerprint density at radius 3 is 2.48 bits per heavy atom. The smallest absolute Gasteiger partial charge is 0.254 e. The molecule has 2 amide bonds. The molecule has 0 saturated carbocycles. The molecule has 4 aromatic rings. The average Bonchev–Trinajstić information content (AvgIpc) is 3.63. The monoisotopic (exact) mass is 578 g/mol. The molecule has 1 aliphatic rings. The van der Waals surface area contributed by atoms with Gasteiger partial charge in [-0.3, -0.25) is 19.5 Å². The maximum absolute atomic E-state index is 13.4. The highest BCUT2D eigenvalue weighted by molar-refractivity contribution is 6.31. The van der Waals surface area contributed by atoms with Crippen LogP contribution >= 0.6 is 23.2 Å². The van der Waals surface area contributed by atoms with Crippen molar-refractivity contribution in [3.05, 3.63) is 94.6 Å². The second-order valence-corrected chi connectivity index (χ2v) is 10.3. The maximum Gasteiger partial charge on any atom is 0.254 e. The topological polar surface area (TPSA) is 85.7 Å². The van der Waals surface area contributed by atoms with Gasteiger partial charge >= 0.3 is 0 Å². The SMILES string of the molecule is COc1cccc(-n2cc(-c3ccc(Cl)cc3)nc2NC(=O)CN(C[C@H]2CCCO2)C(=O)c2ccc(Cl)cc2)c1. The van der Waals surface area contributed by atoms with E-state index in [2.05, 4.69) is 5.32 Å². The Kier molecular flexibility index (Phi) is 8.69. The number of nitrogens with one attached hydrogen (secondary N) is 1. The normalized spacial score (nSPS) is 14.6. The van der Waals surface area contributed by atoms with Crippen LogP contribution in [0, 0.1) is 0 Å². The zero-order valence-corrected chi connectivity index (χ0v) is 23.4. The minimum absolute atomic E-state index is 0.126. The highest BCUT2D eigenvalue weighted by atomic mass is 35.5. The molecular weight excluding hydrogens is 551 g/mol. The third-order valence-corrected chi connectivity index (χ3v) is 7.09. The number of aromatic nitrogens is 2. The molecule has 1 aromatic heterocycles. The van der Waals surface area contributed by atoms with Gasteiger partial charge in [0.15, 0.2) is 0 Å². The van der Waals surface area contributed by atoms with E-state index in [0.29, 0.717) is 46.2 Å². The van der Waals surface area contributed by atoms with Gasteiger partial charge < -0.3 is 14.4 Å². The number of hydrogen-bond acceptors (Lipinski definition) is 5. The summed E-state index contributed by atoms with van der Waals surface area (Å²) in [6, 6.07) is 21.3. The highest BCUT2D eigenvalue weighted by Crippen LogP contribution is 2.27. The lowest BCUT2D eigenvalue weighted by molar-refractivity contribution is -0.117. The molecule has 0 aliphatic carbocycles. The molecular formula is C30H28Cl2N4O4. The molecule has 3 aromatic carbocycles. The number of nitrogens with zero attached hydrogens (tertiary/aromatic N) is 3. The summed E-state index contributed by atoms with van der Waals surface area (Å²) in [7, 11) is 1.59. The highest BCUT2D eigenvalue weighted by Gasteiger charge is 2.26. The van der Waals surface area contributed by atoms with Crippen LogP contribution in [0.15, 0.2) is 79.0 Å². The van der Waals surface area contributed by atoms with Crippen molar-refractivity contribution in [1.82, 2.24) is 14.5 Å². The van der Waals surface area contributed by atoms with E-state index >= 15 is 0 Å². The Morgan fingerprint density at radius 1 is 1.07 bits per heavy atom. The standard InChI is InChI=1S/C30H28Cl2N4O4/c1-39-25-5-2-4-24(16-25)36-18-27(20-7-11-22(31)12-8-20)33-30(36)34-28(37)19-35(17-26-6-3-15-40-26)29(38)21-9-13-23(32)14-10-21/h2,4-5,7-14,16,18,26H,3,6,15,17,19H2,1H3,(H,33,34,37)/t26-/m1/s1. The first-order chi connectivity index (χ1) is 19.4. The van der Waals surface area contributed by atoms with Crippen molar-refractivity contribution >= 4 is 41.0 Å². The molecule has 0 bridgehead atoms. The molecule has 0 unspecified atom stereocenters. The number of rotatable bonds is 9. The third-order valence-electron chi connectivity index (χ3n) is 6.59. The van der Waals surface area contributed by atoms with E-state index in [0.717, 1.165) is 24.1 Å². The fourth-order valence-electron chi connectivity index (χ4n) is 4.55. The van der Waals surface area contributed by atoms with Crippen LogP contribution in [-0.4, -0.2) is 59.2 Å². The van der Waals surface area contributed by atoms with Crippen molar-refractivity contribution in [2.75, 3.05) is 32.1 Å². The average molecular weight is 579 g/mol. The summed E-state index contributed by atoms with van der Waals surface area (Å²) in [4.78, 5) is 33.0. The fraction of sp³-hybridized carbons (Fsp3) is 0.233. The van der Waals surface area contributed by atoms with Crippen LogP contribution in [0.2, 0.25) is 10.0 Å². The Morgan fingerprint density at radius 2 is 1.80 bits per heavy atom. The van der Waals surface area contributed by atoms with Crippen LogP contribution in [0.3, 0.4) is 0 Å². The summed E-state index contributed by atoms with van der Waals surface area (Å²) >= 11 is 12.1. The van der Waals surface area contributed by atoms with E-state index in [1.807, 2.05) is 42.6 Å². The molecule has 1 N–H and O–H groups in total. The number of carbonyl (C=O) groups excluding carboxylic acids is 2. The van der Waals surface area contributed by atoms with Gasteiger partial charge in [0.25, 0.3) is 5.91 Å². The van der Waals surface area contributed by atoms with Gasteiger partial charge in [0, 0.05) is 46.6 Å². The molecule has 1 fully saturated rings. The van der Waals surface area contributed by atoms with Crippen molar-refractivity contribution in [1.29, 1.82) is 0 Å². The van der Waals surface area contributed by atoms with Gasteiger partial charge in [-0.2, -0.15) is 0 Å². The van der Waals surface area contributed by atoms with Gasteiger partial charge in [-0.25, -0.2) is 4.98 Å². The molecule has 40 heavy (non-hydrogen) atoms. The van der Waals surface area contributed by atoms with E-state index in [9.17, 15) is 9.59 Å². The van der Waals surface area contributed by atoms with Crippen molar-refractivity contribution in [2.24, 2.45) is 0 Å². The molecule has 1 atom stereocenters. The molecule has 0 spiro atoms. The first-order valence-electron chi connectivity index (χ1n) is 12.9. The Labute approximate surface area is 242 Å². The maximum atomic E-state index is 13.4. The number of imidazole rings is 1. The summed E-state index contributed by atoms with van der Waals surface area (Å²) in [5, 5.41) is 4.05. The number of carbonyl (C=O) groups is 2. The summed E-state index contributed by atoms with van der Waals surface area (Å²) in [6.07, 6.45) is 3.46. The number of methoxy groups -OCH3 is 1. The summed E-state index contributed by atoms with van der Waals surface area (Å²) in [6.45, 7) is 0.767. The number of benzene rings is 3. The van der Waals surface area contributed by atoms with E-state index < -0.39 is 5.91 Å². The van der Waals surface area contributed by atoms with Gasteiger partial charge in [0.1, 0.15) is 12.3 Å². The van der Waals surface area contributed by atoms with Crippen molar-refractivity contribution in [3.63, 3.8) is 0 Å². The van der Waals surface area contributed by atoms with Gasteiger partial charge in [0.05, 0.1) is 24.6 Å². The van der Waals surface area contributed by atoms with Crippen molar-refractivity contribution < 1.29 is 19.1 Å². The quantitative estimate of drug-likeness (QED) is 0.259. The minimum Gasteiger partial charge on any atom is -0.497 e. The zero-order valence-electron chi connectivity index (χ0n) is 21.8. The molecule has 10 heteroatoms. The van der Waals surface area contributed by atoms with E-state index in [1.165, 1.54) is 4.90 Å². The van der Waals surface area contributed by atoms with Gasteiger partial charge in [-0.05, 0) is 61.4 Å². The summed E-state index contributed by atoms with van der Waals surface area (Å²) in [5.41, 5.74) is 2.66. The first kappa shape index (κ1) is 27.7. The fourth-order valence-corrected chi connectivity index (χ4v) is 4.80. The van der Waals surface area contributed by atoms with Gasteiger partial charge in [-0.15, -0.1) is 0 Å². The van der Waals surface area contributed by atoms with Crippen LogP contribution in [0.5, 0.6) is 5.75 Å². The third kappa shape index (κ3) is 6.65. The summed E-state index contributed by atoms with van der Waals surface area (Å²) < 4.78 is 12.9. The number of amides is 2. The molecule has 1 saturated heterocycles. The van der Waals surface area contributed by atoms with E-state index in [1.54, 1.807) is 48.1 Å². The largest absolute Gasteiger partial charge is 0.497 e. The Balaban J connectivity index is 1.42. The number of ether oxygens (including phenoxy) is 2. The zero-order chi connectivity index (χ0) is 28.1. The van der Waals surface area contributed by atoms with Gasteiger partial charge in [-0.1, -0.05) is 41.4 Å². The van der Waals surface area contributed by atoms with E-state index in [-0.39, 0.29) is 18.6 Å². The second-order valence-electron chi connectivity index (χ2n) is 9.40. The van der Waals surface area contributed by atoms with Crippen molar-refractivity contribution in [2.45, 2.75) is 18.9 Å². The molecule has 2 heterocycles. The van der Waals surface area contributed by atoms with Gasteiger partial charge in [0.2, 0.25) is 11.9 Å². The van der Waals surface area contributed by atoms with Crippen LogP contribution in [0.4, 0.5) is 5.95 Å². The predicted octanol–water partition coefficient (Wildman–Crippen LogP) is 6.11. The Bertz CT molecular complexity index is 1480. The van der Waals surface area contributed by atoms with E-state index in [4.69, 9.17) is 37.7 Å².